The van der Waals surface area contributed by atoms with E-state index in [-0.39, 0.29) is 11.9 Å². The van der Waals surface area contributed by atoms with Crippen molar-refractivity contribution >= 4 is 40.3 Å². The number of imidazole rings is 1. The quantitative estimate of drug-likeness (QED) is 0.280. The van der Waals surface area contributed by atoms with Crippen LogP contribution in [0.5, 0.6) is 5.75 Å². The number of amides is 1. The lowest BCUT2D eigenvalue weighted by atomic mass is 9.94. The zero-order valence-electron chi connectivity index (χ0n) is 22.1. The number of carbonyl (C=O) groups excluding carboxylic acids is 1. The van der Waals surface area contributed by atoms with E-state index in [0.29, 0.717) is 34.7 Å². The number of carbonyl (C=O) groups is 1. The Bertz CT molecular complexity index is 1450. The summed E-state index contributed by atoms with van der Waals surface area (Å²) in [4.78, 5) is 34.2. The van der Waals surface area contributed by atoms with E-state index in [0.717, 1.165) is 60.6 Å². The highest BCUT2D eigenvalue weighted by Gasteiger charge is 2.23. The Hall–Kier alpha value is -3.80. The average molecular weight is 551 g/mol. The first-order valence-electron chi connectivity index (χ1n) is 12.8. The van der Waals surface area contributed by atoms with Gasteiger partial charge in [-0.2, -0.15) is 0 Å². The molecule has 39 heavy (non-hydrogen) atoms. The second-order valence-corrected chi connectivity index (χ2v) is 9.79. The van der Waals surface area contributed by atoms with Gasteiger partial charge in [0, 0.05) is 54.5 Å². The van der Waals surface area contributed by atoms with Crippen molar-refractivity contribution in [3.05, 3.63) is 53.2 Å². The van der Waals surface area contributed by atoms with Crippen LogP contribution in [0.4, 0.5) is 11.6 Å². The predicted molar refractivity (Wildman–Crippen MR) is 150 cm³/mol. The zero-order valence-corrected chi connectivity index (χ0v) is 22.9. The molecule has 0 spiro atoms. The van der Waals surface area contributed by atoms with Gasteiger partial charge in [-0.15, -0.1) is 0 Å². The Morgan fingerprint density at radius 1 is 1.23 bits per heavy atom. The molecule has 1 unspecified atom stereocenters. The Kier molecular flexibility index (Phi) is 8.20. The predicted octanol–water partition coefficient (Wildman–Crippen LogP) is 4.22. The van der Waals surface area contributed by atoms with Gasteiger partial charge in [-0.05, 0) is 37.6 Å². The number of aromatic nitrogens is 5. The van der Waals surface area contributed by atoms with Crippen LogP contribution in [0.2, 0.25) is 5.02 Å². The van der Waals surface area contributed by atoms with E-state index < -0.39 is 0 Å². The molecule has 3 N–H and O–H groups in total. The second kappa shape index (κ2) is 11.9. The summed E-state index contributed by atoms with van der Waals surface area (Å²) in [6.07, 6.45) is 4.79. The average Bonchev–Trinajstić information content (AvgIpc) is 3.42. The van der Waals surface area contributed by atoms with Gasteiger partial charge < -0.3 is 25.1 Å². The number of fused-ring (bicyclic) bond motifs is 1. The SMILES string of the molecule is CC(=O)Nc1ccc(-c2c(C)c(Cl)cc(C(C)Nc3ncnc4nc[nH]c34)c2OCCN2CCOCC2)cn1. The minimum atomic E-state index is -0.228. The third-order valence-electron chi connectivity index (χ3n) is 6.66. The molecular weight excluding hydrogens is 520 g/mol. The van der Waals surface area contributed by atoms with Gasteiger partial charge in [-0.1, -0.05) is 11.6 Å². The number of nitrogens with zero attached hydrogens (tertiary/aromatic N) is 5. The van der Waals surface area contributed by atoms with Gasteiger partial charge >= 0.3 is 0 Å². The number of morpholine rings is 1. The van der Waals surface area contributed by atoms with E-state index in [9.17, 15) is 4.79 Å². The summed E-state index contributed by atoms with van der Waals surface area (Å²) < 4.78 is 12.0. The molecule has 5 rings (SSSR count). The molecule has 4 aromatic rings. The van der Waals surface area contributed by atoms with Crippen LogP contribution in [0, 0.1) is 6.92 Å². The summed E-state index contributed by atoms with van der Waals surface area (Å²) in [5.74, 6) is 1.64. The van der Waals surface area contributed by atoms with Crippen LogP contribution in [0.15, 0.2) is 37.1 Å². The highest BCUT2D eigenvalue weighted by molar-refractivity contribution is 6.32. The van der Waals surface area contributed by atoms with E-state index in [1.54, 1.807) is 18.6 Å². The molecule has 1 fully saturated rings. The van der Waals surface area contributed by atoms with Crippen molar-refractivity contribution in [2.24, 2.45) is 0 Å². The van der Waals surface area contributed by atoms with Crippen LogP contribution in [-0.4, -0.2) is 75.2 Å². The molecule has 1 atom stereocenters. The fourth-order valence-corrected chi connectivity index (χ4v) is 4.84. The van der Waals surface area contributed by atoms with Crippen LogP contribution in [0.1, 0.15) is 31.0 Å². The van der Waals surface area contributed by atoms with Gasteiger partial charge in [0.05, 0.1) is 25.6 Å². The van der Waals surface area contributed by atoms with Crippen molar-refractivity contribution in [1.82, 2.24) is 29.8 Å². The van der Waals surface area contributed by atoms with Gasteiger partial charge in [-0.3, -0.25) is 9.69 Å². The van der Waals surface area contributed by atoms with E-state index in [1.807, 2.05) is 26.0 Å². The molecule has 0 bridgehead atoms. The summed E-state index contributed by atoms with van der Waals surface area (Å²) >= 11 is 6.80. The first-order valence-corrected chi connectivity index (χ1v) is 13.2. The molecule has 12 heteroatoms. The summed E-state index contributed by atoms with van der Waals surface area (Å²) in [6, 6.07) is 5.39. The summed E-state index contributed by atoms with van der Waals surface area (Å²) in [5, 5.41) is 6.79. The van der Waals surface area contributed by atoms with E-state index >= 15 is 0 Å². The van der Waals surface area contributed by atoms with Crippen molar-refractivity contribution in [1.29, 1.82) is 0 Å². The number of benzene rings is 1. The molecule has 0 aliphatic carbocycles. The lowest BCUT2D eigenvalue weighted by molar-refractivity contribution is -0.114. The van der Waals surface area contributed by atoms with E-state index in [2.05, 4.69) is 40.5 Å². The van der Waals surface area contributed by atoms with Gasteiger partial charge in [0.2, 0.25) is 5.91 Å². The van der Waals surface area contributed by atoms with Crippen molar-refractivity contribution in [2.45, 2.75) is 26.8 Å². The Morgan fingerprint density at radius 3 is 2.79 bits per heavy atom. The number of hydrogen-bond donors (Lipinski definition) is 3. The van der Waals surface area contributed by atoms with Crippen LogP contribution < -0.4 is 15.4 Å². The molecule has 0 saturated carbocycles. The maximum Gasteiger partial charge on any atom is 0.222 e. The van der Waals surface area contributed by atoms with Crippen molar-refractivity contribution in [3.8, 4) is 16.9 Å². The van der Waals surface area contributed by atoms with Gasteiger partial charge in [0.25, 0.3) is 0 Å². The third-order valence-corrected chi connectivity index (χ3v) is 7.05. The summed E-state index contributed by atoms with van der Waals surface area (Å²) in [6.45, 7) is 9.92. The van der Waals surface area contributed by atoms with Gasteiger partial charge in [0.15, 0.2) is 11.5 Å². The maximum atomic E-state index is 11.5. The number of H-pyrrole nitrogens is 1. The molecule has 1 aliphatic rings. The number of nitrogens with one attached hydrogen (secondary N) is 3. The standard InChI is InChI=1S/C27H31ClN8O3/c1-16-21(28)12-20(17(2)34-27-24-26(31-14-30-24)32-15-33-27)25(39-11-8-36-6-9-38-10-7-36)23(16)19-4-5-22(29-13-19)35-18(3)37/h4-5,12-15,17H,6-11H2,1-3H3,(H,29,35,37)(H2,30,31,32,33,34). The molecular formula is C27H31ClN8O3. The van der Waals surface area contributed by atoms with Crippen LogP contribution in [0.25, 0.3) is 22.3 Å². The number of ether oxygens (including phenoxy) is 2. The number of halogens is 1. The largest absolute Gasteiger partial charge is 0.491 e. The highest BCUT2D eigenvalue weighted by atomic mass is 35.5. The number of anilines is 2. The van der Waals surface area contributed by atoms with E-state index in [1.165, 1.54) is 13.3 Å². The summed E-state index contributed by atoms with van der Waals surface area (Å²) in [7, 11) is 0. The normalized spacial score (nSPS) is 14.8. The minimum Gasteiger partial charge on any atom is -0.491 e. The van der Waals surface area contributed by atoms with Crippen molar-refractivity contribution in [2.75, 3.05) is 50.1 Å². The molecule has 1 saturated heterocycles. The molecule has 3 aromatic heterocycles. The monoisotopic (exact) mass is 550 g/mol. The van der Waals surface area contributed by atoms with Crippen molar-refractivity contribution < 1.29 is 14.3 Å². The first-order chi connectivity index (χ1) is 18.9. The molecule has 1 aromatic carbocycles. The third kappa shape index (κ3) is 6.11. The Labute approximate surface area is 231 Å². The smallest absolute Gasteiger partial charge is 0.222 e. The Morgan fingerprint density at radius 2 is 2.05 bits per heavy atom. The van der Waals surface area contributed by atoms with Crippen LogP contribution >= 0.6 is 11.6 Å². The summed E-state index contributed by atoms with van der Waals surface area (Å²) in [5.41, 5.74) is 4.73. The van der Waals surface area contributed by atoms with Gasteiger partial charge in [-0.25, -0.2) is 19.9 Å². The molecule has 4 heterocycles. The lowest BCUT2D eigenvalue weighted by Crippen LogP contribution is -2.38. The molecule has 11 nitrogen and oxygen atoms in total. The number of pyridine rings is 1. The molecule has 1 aliphatic heterocycles. The minimum absolute atomic E-state index is 0.181. The first kappa shape index (κ1) is 26.8. The molecule has 204 valence electrons. The molecule has 0 radical (unpaired) electrons. The second-order valence-electron chi connectivity index (χ2n) is 9.38. The lowest BCUT2D eigenvalue weighted by Gasteiger charge is -2.28. The van der Waals surface area contributed by atoms with E-state index in [4.69, 9.17) is 21.1 Å². The van der Waals surface area contributed by atoms with Crippen LogP contribution in [-0.2, 0) is 9.53 Å². The number of hydrogen-bond acceptors (Lipinski definition) is 9. The maximum absolute atomic E-state index is 11.5. The molecule has 1 amide bonds. The fourth-order valence-electron chi connectivity index (χ4n) is 4.62. The van der Waals surface area contributed by atoms with Crippen LogP contribution in [0.3, 0.4) is 0 Å². The fraction of sp³-hybridized carbons (Fsp3) is 0.370. The zero-order chi connectivity index (χ0) is 27.4. The number of aromatic amines is 1. The topological polar surface area (TPSA) is 130 Å². The Balaban J connectivity index is 1.51. The number of rotatable bonds is 9. The van der Waals surface area contributed by atoms with Crippen molar-refractivity contribution in [3.63, 3.8) is 0 Å². The highest BCUT2D eigenvalue weighted by Crippen LogP contribution is 2.43. The van der Waals surface area contributed by atoms with Gasteiger partial charge in [0.1, 0.15) is 30.0 Å².